The van der Waals surface area contributed by atoms with Crippen LogP contribution in [-0.2, 0) is 17.8 Å². The van der Waals surface area contributed by atoms with Crippen molar-refractivity contribution in [3.8, 4) is 5.75 Å². The van der Waals surface area contributed by atoms with Crippen LogP contribution in [0.5, 0.6) is 5.75 Å². The van der Waals surface area contributed by atoms with Gasteiger partial charge in [-0.05, 0) is 19.1 Å². The first-order valence-electron chi connectivity index (χ1n) is 7.27. The van der Waals surface area contributed by atoms with Crippen LogP contribution in [0.2, 0.25) is 0 Å². The SMILES string of the molecule is COc1ccc2c(CC(=O)N(C)Cc3cc(C)on3)coc2c1. The molecule has 6 heteroatoms. The van der Waals surface area contributed by atoms with E-state index < -0.39 is 0 Å². The number of carbonyl (C=O) groups excluding carboxylic acids is 1. The Morgan fingerprint density at radius 2 is 2.17 bits per heavy atom. The highest BCUT2D eigenvalue weighted by Crippen LogP contribution is 2.26. The van der Waals surface area contributed by atoms with Gasteiger partial charge in [0, 0.05) is 30.1 Å². The lowest BCUT2D eigenvalue weighted by atomic mass is 10.1. The normalized spacial score (nSPS) is 10.9. The van der Waals surface area contributed by atoms with Crippen molar-refractivity contribution in [2.24, 2.45) is 0 Å². The van der Waals surface area contributed by atoms with Gasteiger partial charge in [-0.15, -0.1) is 0 Å². The Morgan fingerprint density at radius 1 is 1.35 bits per heavy atom. The predicted octanol–water partition coefficient (Wildman–Crippen LogP) is 2.94. The number of carbonyl (C=O) groups is 1. The molecular formula is C17H18N2O4. The van der Waals surface area contributed by atoms with Gasteiger partial charge in [0.25, 0.3) is 0 Å². The molecule has 6 nitrogen and oxygen atoms in total. The minimum absolute atomic E-state index is 0.0100. The van der Waals surface area contributed by atoms with E-state index in [9.17, 15) is 4.79 Å². The summed E-state index contributed by atoms with van der Waals surface area (Å²) in [6.45, 7) is 2.24. The van der Waals surface area contributed by atoms with Gasteiger partial charge in [0.1, 0.15) is 22.8 Å². The van der Waals surface area contributed by atoms with E-state index in [4.69, 9.17) is 13.7 Å². The third kappa shape index (κ3) is 3.21. The van der Waals surface area contributed by atoms with E-state index in [1.54, 1.807) is 25.3 Å². The Morgan fingerprint density at radius 3 is 2.87 bits per heavy atom. The summed E-state index contributed by atoms with van der Waals surface area (Å²) in [6.07, 6.45) is 1.89. The fourth-order valence-corrected chi connectivity index (χ4v) is 2.45. The minimum atomic E-state index is -0.0100. The second kappa shape index (κ2) is 6.16. The number of ether oxygens (including phenoxy) is 1. The number of fused-ring (bicyclic) bond motifs is 1. The molecule has 0 aliphatic carbocycles. The van der Waals surface area contributed by atoms with E-state index in [0.717, 1.165) is 28.2 Å². The van der Waals surface area contributed by atoms with Crippen molar-refractivity contribution in [3.63, 3.8) is 0 Å². The van der Waals surface area contributed by atoms with Crippen LogP contribution < -0.4 is 4.74 Å². The number of nitrogens with zero attached hydrogens (tertiary/aromatic N) is 2. The van der Waals surface area contributed by atoms with Gasteiger partial charge in [-0.2, -0.15) is 0 Å². The predicted molar refractivity (Wildman–Crippen MR) is 84.2 cm³/mol. The van der Waals surface area contributed by atoms with Crippen LogP contribution in [0.4, 0.5) is 0 Å². The summed E-state index contributed by atoms with van der Waals surface area (Å²) >= 11 is 0. The van der Waals surface area contributed by atoms with Gasteiger partial charge in [-0.1, -0.05) is 5.16 Å². The maximum atomic E-state index is 12.4. The van der Waals surface area contributed by atoms with Crippen LogP contribution in [0.25, 0.3) is 11.0 Å². The molecule has 3 rings (SSSR count). The zero-order valence-corrected chi connectivity index (χ0v) is 13.3. The number of likely N-dealkylation sites (N-methyl/N-ethyl adjacent to an activating group) is 1. The molecule has 0 unspecified atom stereocenters. The van der Waals surface area contributed by atoms with Gasteiger partial charge >= 0.3 is 0 Å². The van der Waals surface area contributed by atoms with E-state index in [0.29, 0.717) is 12.1 Å². The topological polar surface area (TPSA) is 68.7 Å². The Labute approximate surface area is 133 Å². The Kier molecular flexibility index (Phi) is 4.06. The van der Waals surface area contributed by atoms with Gasteiger partial charge in [0.05, 0.1) is 26.3 Å². The van der Waals surface area contributed by atoms with Crippen LogP contribution in [0.3, 0.4) is 0 Å². The second-order valence-corrected chi connectivity index (χ2v) is 5.48. The summed E-state index contributed by atoms with van der Waals surface area (Å²) in [5, 5.41) is 4.82. The highest BCUT2D eigenvalue weighted by molar-refractivity contribution is 5.88. The standard InChI is InChI=1S/C17H18N2O4/c1-11-6-13(18-23-11)9-19(2)17(20)7-12-10-22-16-8-14(21-3)4-5-15(12)16/h4-6,8,10H,7,9H2,1-3H3. The molecule has 0 bridgehead atoms. The summed E-state index contributed by atoms with van der Waals surface area (Å²) in [5.74, 6) is 1.45. The number of amides is 1. The molecule has 0 atom stereocenters. The highest BCUT2D eigenvalue weighted by atomic mass is 16.5. The van der Waals surface area contributed by atoms with E-state index in [2.05, 4.69) is 5.16 Å². The van der Waals surface area contributed by atoms with Crippen LogP contribution in [0, 0.1) is 6.92 Å². The molecule has 0 saturated carbocycles. The smallest absolute Gasteiger partial charge is 0.227 e. The van der Waals surface area contributed by atoms with Crippen LogP contribution in [0.1, 0.15) is 17.0 Å². The van der Waals surface area contributed by atoms with Crippen molar-refractivity contribution in [1.82, 2.24) is 10.1 Å². The molecule has 0 aliphatic heterocycles. The average molecular weight is 314 g/mol. The van der Waals surface area contributed by atoms with Crippen molar-refractivity contribution < 1.29 is 18.5 Å². The molecule has 2 aromatic heterocycles. The second-order valence-electron chi connectivity index (χ2n) is 5.48. The van der Waals surface area contributed by atoms with Gasteiger partial charge in [0.2, 0.25) is 5.91 Å². The summed E-state index contributed by atoms with van der Waals surface area (Å²) < 4.78 is 15.7. The number of hydrogen-bond donors (Lipinski definition) is 0. The van der Waals surface area contributed by atoms with Crippen molar-refractivity contribution in [3.05, 3.63) is 47.5 Å². The maximum Gasteiger partial charge on any atom is 0.227 e. The third-order valence-corrected chi connectivity index (χ3v) is 3.71. The summed E-state index contributed by atoms with van der Waals surface area (Å²) in [7, 11) is 3.35. The number of hydrogen-bond acceptors (Lipinski definition) is 5. The fourth-order valence-electron chi connectivity index (χ4n) is 2.45. The van der Waals surface area contributed by atoms with E-state index in [1.165, 1.54) is 0 Å². The summed E-state index contributed by atoms with van der Waals surface area (Å²) in [6, 6.07) is 7.39. The number of aryl methyl sites for hydroxylation is 1. The Hall–Kier alpha value is -2.76. The first-order chi connectivity index (χ1) is 11.1. The molecule has 23 heavy (non-hydrogen) atoms. The van der Waals surface area contributed by atoms with E-state index >= 15 is 0 Å². The Bertz CT molecular complexity index is 834. The largest absolute Gasteiger partial charge is 0.497 e. The summed E-state index contributed by atoms with van der Waals surface area (Å²) in [4.78, 5) is 14.0. The number of benzene rings is 1. The monoisotopic (exact) mass is 314 g/mol. The lowest BCUT2D eigenvalue weighted by molar-refractivity contribution is -0.129. The molecule has 0 saturated heterocycles. The van der Waals surface area contributed by atoms with Crippen LogP contribution in [-0.4, -0.2) is 30.1 Å². The molecule has 0 spiro atoms. The Balaban J connectivity index is 1.72. The molecule has 1 amide bonds. The lowest BCUT2D eigenvalue weighted by Crippen LogP contribution is -2.27. The minimum Gasteiger partial charge on any atom is -0.497 e. The van der Waals surface area contributed by atoms with Gasteiger partial charge in [-0.25, -0.2) is 0 Å². The molecule has 0 aliphatic rings. The van der Waals surface area contributed by atoms with Crippen molar-refractivity contribution in [2.75, 3.05) is 14.2 Å². The highest BCUT2D eigenvalue weighted by Gasteiger charge is 2.15. The molecular weight excluding hydrogens is 296 g/mol. The molecule has 0 radical (unpaired) electrons. The van der Waals surface area contributed by atoms with Crippen LogP contribution in [0.15, 0.2) is 39.5 Å². The van der Waals surface area contributed by atoms with Gasteiger partial charge in [-0.3, -0.25) is 4.79 Å². The first kappa shape index (κ1) is 15.1. The number of rotatable bonds is 5. The average Bonchev–Trinajstić information content (AvgIpc) is 3.13. The third-order valence-electron chi connectivity index (χ3n) is 3.71. The van der Waals surface area contributed by atoms with Crippen molar-refractivity contribution in [2.45, 2.75) is 19.9 Å². The van der Waals surface area contributed by atoms with Crippen molar-refractivity contribution in [1.29, 1.82) is 0 Å². The maximum absolute atomic E-state index is 12.4. The fraction of sp³-hybridized carbons (Fsp3) is 0.294. The van der Waals surface area contributed by atoms with Crippen LogP contribution >= 0.6 is 0 Å². The zero-order valence-electron chi connectivity index (χ0n) is 13.3. The molecule has 0 fully saturated rings. The molecule has 2 heterocycles. The molecule has 3 aromatic rings. The molecule has 0 N–H and O–H groups in total. The number of aromatic nitrogens is 1. The van der Waals surface area contributed by atoms with Gasteiger partial charge in [0.15, 0.2) is 0 Å². The number of furan rings is 1. The first-order valence-corrected chi connectivity index (χ1v) is 7.27. The lowest BCUT2D eigenvalue weighted by Gasteiger charge is -2.15. The zero-order chi connectivity index (χ0) is 16.4. The van der Waals surface area contributed by atoms with Crippen molar-refractivity contribution >= 4 is 16.9 Å². The molecule has 1 aromatic carbocycles. The van der Waals surface area contributed by atoms with E-state index in [1.807, 2.05) is 31.2 Å². The summed E-state index contributed by atoms with van der Waals surface area (Å²) in [5.41, 5.74) is 2.30. The van der Waals surface area contributed by atoms with E-state index in [-0.39, 0.29) is 12.3 Å². The number of methoxy groups -OCH3 is 1. The molecule has 120 valence electrons. The quantitative estimate of drug-likeness (QED) is 0.724. The van der Waals surface area contributed by atoms with Gasteiger partial charge < -0.3 is 18.6 Å².